The number of amides is 2. The van der Waals surface area contributed by atoms with E-state index in [0.29, 0.717) is 10.9 Å². The van der Waals surface area contributed by atoms with E-state index in [1.807, 2.05) is 61.7 Å². The average molecular weight is 421 g/mol. The summed E-state index contributed by atoms with van der Waals surface area (Å²) in [6.45, 7) is 6.73. The maximum Gasteiger partial charge on any atom is 0.293 e. The molecule has 0 saturated carbocycles. The highest BCUT2D eigenvalue weighted by molar-refractivity contribution is 8.18. The number of carbonyl (C=O) groups excluding carboxylic acids is 2. The van der Waals surface area contributed by atoms with Crippen LogP contribution in [0.15, 0.2) is 59.6 Å². The number of benzene rings is 2. The van der Waals surface area contributed by atoms with Gasteiger partial charge in [0, 0.05) is 28.7 Å². The monoisotopic (exact) mass is 420 g/mol. The molecule has 2 aromatic carbocycles. The molecule has 1 saturated heterocycles. The molecule has 0 radical (unpaired) electrons. The van der Waals surface area contributed by atoms with Gasteiger partial charge in [0.1, 0.15) is 12.4 Å². The normalized spacial score (nSPS) is 15.7. The number of nitrogens with zero attached hydrogens (tertiary/aromatic N) is 2. The smallest absolute Gasteiger partial charge is 0.293 e. The third-order valence-electron chi connectivity index (χ3n) is 5.06. The summed E-state index contributed by atoms with van der Waals surface area (Å²) in [7, 11) is 0. The lowest BCUT2D eigenvalue weighted by molar-refractivity contribution is -0.123. The summed E-state index contributed by atoms with van der Waals surface area (Å²) in [5, 5.41) is 0.812. The highest BCUT2D eigenvalue weighted by Gasteiger charge is 2.35. The van der Waals surface area contributed by atoms with Gasteiger partial charge in [-0.05, 0) is 62.4 Å². The summed E-state index contributed by atoms with van der Waals surface area (Å²) in [6, 6.07) is 16.1. The van der Waals surface area contributed by atoms with Gasteiger partial charge in [0.15, 0.2) is 0 Å². The second-order valence-electron chi connectivity index (χ2n) is 7.60. The highest BCUT2D eigenvalue weighted by Crippen LogP contribution is 2.34. The Morgan fingerprint density at radius 1 is 1.10 bits per heavy atom. The number of rotatable bonds is 6. The summed E-state index contributed by atoms with van der Waals surface area (Å²) >= 11 is 0.985. The number of aryl methyl sites for hydroxylation is 1. The Balaban J connectivity index is 1.51. The molecular formula is C24H24N2O3S. The first-order chi connectivity index (χ1) is 14.4. The van der Waals surface area contributed by atoms with Gasteiger partial charge in [0.05, 0.1) is 11.4 Å². The maximum atomic E-state index is 12.8. The van der Waals surface area contributed by atoms with E-state index in [0.717, 1.165) is 39.5 Å². The molecule has 0 bridgehead atoms. The minimum Gasteiger partial charge on any atom is -0.492 e. The minimum atomic E-state index is -0.265. The van der Waals surface area contributed by atoms with Crippen molar-refractivity contribution in [2.24, 2.45) is 0 Å². The first-order valence-electron chi connectivity index (χ1n) is 9.98. The molecule has 0 aliphatic carbocycles. The van der Waals surface area contributed by atoms with Crippen LogP contribution in [0.1, 0.15) is 31.0 Å². The molecule has 3 aromatic rings. The van der Waals surface area contributed by atoms with Crippen LogP contribution in [-0.2, 0) is 4.79 Å². The molecule has 0 atom stereocenters. The third kappa shape index (κ3) is 4.00. The van der Waals surface area contributed by atoms with Gasteiger partial charge in [-0.15, -0.1) is 0 Å². The summed E-state index contributed by atoms with van der Waals surface area (Å²) < 4.78 is 7.89. The molecule has 0 N–H and O–H groups in total. The van der Waals surface area contributed by atoms with Gasteiger partial charge in [-0.25, -0.2) is 0 Å². The Morgan fingerprint density at radius 3 is 2.67 bits per heavy atom. The zero-order chi connectivity index (χ0) is 21.3. The van der Waals surface area contributed by atoms with Crippen LogP contribution in [0.2, 0.25) is 0 Å². The van der Waals surface area contributed by atoms with Crippen LogP contribution in [0, 0.1) is 6.92 Å². The largest absolute Gasteiger partial charge is 0.492 e. The van der Waals surface area contributed by atoms with Gasteiger partial charge >= 0.3 is 0 Å². The van der Waals surface area contributed by atoms with E-state index in [1.165, 1.54) is 4.90 Å². The lowest BCUT2D eigenvalue weighted by atomic mass is 10.1. The molecule has 1 fully saturated rings. The molecule has 154 valence electrons. The molecule has 1 aliphatic rings. The van der Waals surface area contributed by atoms with E-state index >= 15 is 0 Å². The fraction of sp³-hybridized carbons (Fsp3) is 0.250. The van der Waals surface area contributed by atoms with Crippen LogP contribution >= 0.6 is 11.8 Å². The molecule has 6 heteroatoms. The Labute approximate surface area is 180 Å². The lowest BCUT2D eigenvalue weighted by Crippen LogP contribution is -2.32. The number of thioether (sulfide) groups is 1. The second kappa shape index (κ2) is 8.40. The molecule has 4 rings (SSSR count). The molecule has 1 aliphatic heterocycles. The number of ether oxygens (including phenoxy) is 1. The summed E-state index contributed by atoms with van der Waals surface area (Å²) in [5.74, 6) is 0.471. The van der Waals surface area contributed by atoms with Crippen LogP contribution in [0.4, 0.5) is 4.79 Å². The quantitative estimate of drug-likeness (QED) is 0.484. The van der Waals surface area contributed by atoms with Crippen molar-refractivity contribution in [1.82, 2.24) is 9.47 Å². The molecular weight excluding hydrogens is 396 g/mol. The van der Waals surface area contributed by atoms with Crippen molar-refractivity contribution >= 4 is 39.9 Å². The van der Waals surface area contributed by atoms with Crippen molar-refractivity contribution < 1.29 is 14.3 Å². The fourth-order valence-electron chi connectivity index (χ4n) is 3.57. The van der Waals surface area contributed by atoms with Gasteiger partial charge in [-0.2, -0.15) is 0 Å². The molecule has 2 heterocycles. The van der Waals surface area contributed by atoms with Crippen molar-refractivity contribution in [1.29, 1.82) is 0 Å². The molecule has 30 heavy (non-hydrogen) atoms. The van der Waals surface area contributed by atoms with E-state index in [9.17, 15) is 9.59 Å². The predicted octanol–water partition coefficient (Wildman–Crippen LogP) is 5.65. The molecule has 5 nitrogen and oxygen atoms in total. The Hall–Kier alpha value is -2.99. The number of para-hydroxylation sites is 1. The first kappa shape index (κ1) is 20.3. The Kier molecular flexibility index (Phi) is 5.68. The van der Waals surface area contributed by atoms with E-state index < -0.39 is 0 Å². The number of aromatic nitrogens is 1. The Bertz CT molecular complexity index is 1150. The van der Waals surface area contributed by atoms with E-state index in [-0.39, 0.29) is 24.3 Å². The van der Waals surface area contributed by atoms with Crippen molar-refractivity contribution in [2.45, 2.75) is 26.8 Å². The number of hydrogen-bond acceptors (Lipinski definition) is 4. The molecule has 2 amide bonds. The SMILES string of the molecule is Cc1cccc(OCCN2C(=O)S/C(=C\c3cn(C(C)C)c4ccccc34)C2=O)c1. The number of carbonyl (C=O) groups is 2. The fourth-order valence-corrected chi connectivity index (χ4v) is 4.42. The minimum absolute atomic E-state index is 0.226. The average Bonchev–Trinajstić information content (AvgIpc) is 3.21. The molecule has 1 aromatic heterocycles. The van der Waals surface area contributed by atoms with Crippen LogP contribution in [-0.4, -0.2) is 33.8 Å². The van der Waals surface area contributed by atoms with Crippen LogP contribution in [0.25, 0.3) is 17.0 Å². The van der Waals surface area contributed by atoms with E-state index in [1.54, 1.807) is 0 Å². The zero-order valence-electron chi connectivity index (χ0n) is 17.3. The lowest BCUT2D eigenvalue weighted by Gasteiger charge is -2.13. The van der Waals surface area contributed by atoms with Gasteiger partial charge in [-0.3, -0.25) is 14.5 Å². The number of hydrogen-bond donors (Lipinski definition) is 0. The third-order valence-corrected chi connectivity index (χ3v) is 5.97. The summed E-state index contributed by atoms with van der Waals surface area (Å²) in [6.07, 6.45) is 3.87. The van der Waals surface area contributed by atoms with Crippen LogP contribution < -0.4 is 4.74 Å². The van der Waals surface area contributed by atoms with E-state index in [4.69, 9.17) is 4.74 Å². The second-order valence-corrected chi connectivity index (χ2v) is 8.59. The van der Waals surface area contributed by atoms with E-state index in [2.05, 4.69) is 24.5 Å². The first-order valence-corrected chi connectivity index (χ1v) is 10.8. The van der Waals surface area contributed by atoms with Crippen LogP contribution in [0.3, 0.4) is 0 Å². The summed E-state index contributed by atoms with van der Waals surface area (Å²) in [5.41, 5.74) is 3.16. The van der Waals surface area contributed by atoms with Crippen molar-refractivity contribution in [2.75, 3.05) is 13.2 Å². The maximum absolute atomic E-state index is 12.8. The van der Waals surface area contributed by atoms with Gasteiger partial charge in [-0.1, -0.05) is 30.3 Å². The van der Waals surface area contributed by atoms with Crippen molar-refractivity contribution in [3.63, 3.8) is 0 Å². The Morgan fingerprint density at radius 2 is 1.90 bits per heavy atom. The van der Waals surface area contributed by atoms with Crippen molar-refractivity contribution in [3.05, 3.63) is 70.8 Å². The zero-order valence-corrected chi connectivity index (χ0v) is 18.1. The van der Waals surface area contributed by atoms with Gasteiger partial charge in [0.2, 0.25) is 0 Å². The summed E-state index contributed by atoms with van der Waals surface area (Å²) in [4.78, 5) is 27.0. The standard InChI is InChI=1S/C24H24N2O3S/c1-16(2)26-15-18(20-9-4-5-10-21(20)26)14-22-23(27)25(24(28)30-22)11-12-29-19-8-6-7-17(3)13-19/h4-10,13-16H,11-12H2,1-3H3/b22-14-. The highest BCUT2D eigenvalue weighted by atomic mass is 32.2. The predicted molar refractivity (Wildman–Crippen MR) is 122 cm³/mol. The van der Waals surface area contributed by atoms with Crippen LogP contribution in [0.5, 0.6) is 5.75 Å². The topological polar surface area (TPSA) is 51.5 Å². The number of imide groups is 1. The van der Waals surface area contributed by atoms with Gasteiger partial charge in [0.25, 0.3) is 11.1 Å². The van der Waals surface area contributed by atoms with Gasteiger partial charge < -0.3 is 9.30 Å². The number of fused-ring (bicyclic) bond motifs is 1. The van der Waals surface area contributed by atoms with Crippen molar-refractivity contribution in [3.8, 4) is 5.75 Å². The molecule has 0 spiro atoms. The molecule has 0 unspecified atom stereocenters.